The minimum absolute atomic E-state index is 0.167. The van der Waals surface area contributed by atoms with Gasteiger partial charge in [-0.15, -0.1) is 0 Å². The van der Waals surface area contributed by atoms with Gasteiger partial charge in [0.15, 0.2) is 0 Å². The Morgan fingerprint density at radius 3 is 2.50 bits per heavy atom. The van der Waals surface area contributed by atoms with Gasteiger partial charge in [-0.1, -0.05) is 0 Å². The number of hydrogen-bond acceptors (Lipinski definition) is 5. The van der Waals surface area contributed by atoms with E-state index in [4.69, 9.17) is 9.66 Å². The first-order chi connectivity index (χ1) is 10.3. The van der Waals surface area contributed by atoms with Gasteiger partial charge in [-0.05, 0) is 49.6 Å². The maximum absolute atomic E-state index is 11.0. The van der Waals surface area contributed by atoms with E-state index in [1.807, 2.05) is 6.08 Å². The smallest absolute Gasteiger partial charge is 0.325 e. The molecule has 3 N–H and O–H groups in total. The summed E-state index contributed by atoms with van der Waals surface area (Å²) >= 11 is 0. The highest BCUT2D eigenvalue weighted by Gasteiger charge is 2.11. The third kappa shape index (κ3) is 4.68. The molecule has 7 nitrogen and oxygen atoms in total. The number of nitrogens with zero attached hydrogens (tertiary/aromatic N) is 1. The third-order valence-electron chi connectivity index (χ3n) is 3.09. The van der Waals surface area contributed by atoms with Gasteiger partial charge in [0.25, 0.3) is 10.1 Å². The second-order valence-electron chi connectivity index (χ2n) is 4.85. The van der Waals surface area contributed by atoms with E-state index >= 15 is 0 Å². The number of rotatable bonds is 5. The van der Waals surface area contributed by atoms with E-state index in [0.29, 0.717) is 5.69 Å². The number of aliphatic carboxylic acids is 1. The summed E-state index contributed by atoms with van der Waals surface area (Å²) in [6, 6.07) is 5.71. The Morgan fingerprint density at radius 2 is 1.91 bits per heavy atom. The van der Waals surface area contributed by atoms with Crippen molar-refractivity contribution < 1.29 is 22.9 Å². The second-order valence-corrected chi connectivity index (χ2v) is 6.27. The first-order valence-electron chi connectivity index (χ1n) is 6.65. The van der Waals surface area contributed by atoms with E-state index in [1.54, 1.807) is 12.1 Å². The number of nitrogens with one attached hydrogen (secondary N) is 1. The van der Waals surface area contributed by atoms with Gasteiger partial charge < -0.3 is 10.4 Å². The Labute approximate surface area is 128 Å². The van der Waals surface area contributed by atoms with E-state index in [2.05, 4.69) is 10.3 Å². The summed E-state index contributed by atoms with van der Waals surface area (Å²) < 4.78 is 30.8. The molecule has 0 spiro atoms. The monoisotopic (exact) mass is 324 g/mol. The molecule has 0 amide bonds. The van der Waals surface area contributed by atoms with Crippen LogP contribution >= 0.6 is 0 Å². The lowest BCUT2D eigenvalue weighted by Gasteiger charge is -2.16. The van der Waals surface area contributed by atoms with Gasteiger partial charge in [0.2, 0.25) is 0 Å². The summed E-state index contributed by atoms with van der Waals surface area (Å²) in [5.74, 6) is -0.971. The Hall–Kier alpha value is -2.19. The summed E-state index contributed by atoms with van der Waals surface area (Å²) in [4.78, 5) is 14.4. The Bertz CT molecular complexity index is 720. The zero-order valence-corrected chi connectivity index (χ0v) is 12.5. The van der Waals surface area contributed by atoms with E-state index in [1.165, 1.54) is 12.1 Å². The van der Waals surface area contributed by atoms with Crippen LogP contribution in [0.2, 0.25) is 0 Å². The molecule has 1 aliphatic rings. The van der Waals surface area contributed by atoms with E-state index in [9.17, 15) is 13.2 Å². The highest BCUT2D eigenvalue weighted by Crippen LogP contribution is 2.20. The van der Waals surface area contributed by atoms with Crippen LogP contribution in [0.25, 0.3) is 0 Å². The number of aliphatic imine (C=N–C) groups is 1. The number of carboxylic acid groups (broad SMARTS) is 1. The van der Waals surface area contributed by atoms with Crippen LogP contribution in [0.1, 0.15) is 19.3 Å². The molecule has 1 aromatic rings. The van der Waals surface area contributed by atoms with Crippen LogP contribution in [-0.2, 0) is 14.9 Å². The lowest BCUT2D eigenvalue weighted by molar-refractivity contribution is -0.135. The fourth-order valence-electron chi connectivity index (χ4n) is 2.09. The molecular weight excluding hydrogens is 308 g/mol. The number of carboxylic acids is 1. The molecule has 8 heteroatoms. The molecule has 0 saturated carbocycles. The lowest BCUT2D eigenvalue weighted by Crippen LogP contribution is -2.11. The van der Waals surface area contributed by atoms with Crippen molar-refractivity contribution in [2.75, 3.05) is 11.9 Å². The predicted octanol–water partition coefficient (Wildman–Crippen LogP) is 1.94. The predicted molar refractivity (Wildman–Crippen MR) is 81.8 cm³/mol. The molecule has 118 valence electrons. The molecule has 0 fully saturated rings. The Kier molecular flexibility index (Phi) is 4.94. The van der Waals surface area contributed by atoms with Crippen molar-refractivity contribution in [2.45, 2.75) is 24.2 Å². The van der Waals surface area contributed by atoms with Crippen LogP contribution in [0.3, 0.4) is 0 Å². The maximum atomic E-state index is 11.0. The number of benzene rings is 1. The van der Waals surface area contributed by atoms with E-state index in [0.717, 1.165) is 30.7 Å². The van der Waals surface area contributed by atoms with Crippen LogP contribution in [0.15, 0.2) is 45.9 Å². The van der Waals surface area contributed by atoms with Crippen molar-refractivity contribution in [3.63, 3.8) is 0 Å². The molecule has 22 heavy (non-hydrogen) atoms. The SMILES string of the molecule is O=C(O)CN=C1C=C(Nc2ccc(S(=O)(=O)O)cc2)CCC1. The molecule has 0 heterocycles. The molecule has 0 saturated heterocycles. The summed E-state index contributed by atoms with van der Waals surface area (Å²) in [6.45, 7) is -0.248. The first kappa shape index (κ1) is 16.2. The van der Waals surface area contributed by atoms with Gasteiger partial charge >= 0.3 is 5.97 Å². The van der Waals surface area contributed by atoms with Crippen molar-refractivity contribution in [1.82, 2.24) is 0 Å². The number of allylic oxidation sites excluding steroid dienone is 2. The van der Waals surface area contributed by atoms with Gasteiger partial charge in [0, 0.05) is 17.1 Å². The van der Waals surface area contributed by atoms with E-state index in [-0.39, 0.29) is 11.4 Å². The van der Waals surface area contributed by atoms with Crippen molar-refractivity contribution in [3.8, 4) is 0 Å². The van der Waals surface area contributed by atoms with Crippen molar-refractivity contribution in [2.24, 2.45) is 4.99 Å². The van der Waals surface area contributed by atoms with Crippen LogP contribution in [0, 0.1) is 0 Å². The highest BCUT2D eigenvalue weighted by molar-refractivity contribution is 7.85. The summed E-state index contributed by atoms with van der Waals surface area (Å²) in [6.07, 6.45) is 4.20. The molecule has 0 bridgehead atoms. The molecule has 0 aliphatic heterocycles. The van der Waals surface area contributed by atoms with Crippen molar-refractivity contribution in [3.05, 3.63) is 36.0 Å². The first-order valence-corrected chi connectivity index (χ1v) is 8.09. The summed E-state index contributed by atoms with van der Waals surface area (Å²) in [5, 5.41) is 11.8. The third-order valence-corrected chi connectivity index (χ3v) is 3.96. The normalized spacial score (nSPS) is 17.1. The fraction of sp³-hybridized carbons (Fsp3) is 0.286. The summed E-state index contributed by atoms with van der Waals surface area (Å²) in [5.41, 5.74) is 2.29. The lowest BCUT2D eigenvalue weighted by atomic mass is 10.0. The second kappa shape index (κ2) is 6.71. The van der Waals surface area contributed by atoms with Gasteiger partial charge in [-0.2, -0.15) is 8.42 Å². The van der Waals surface area contributed by atoms with Crippen LogP contribution in [-0.4, -0.2) is 36.3 Å². The average molecular weight is 324 g/mol. The van der Waals surface area contributed by atoms with Crippen LogP contribution in [0.5, 0.6) is 0 Å². The molecule has 1 aliphatic carbocycles. The molecule has 2 rings (SSSR count). The maximum Gasteiger partial charge on any atom is 0.325 e. The van der Waals surface area contributed by atoms with Gasteiger partial charge in [-0.3, -0.25) is 14.3 Å². The minimum Gasteiger partial charge on any atom is -0.480 e. The van der Waals surface area contributed by atoms with Gasteiger partial charge in [0.05, 0.1) is 4.90 Å². The number of hydrogen-bond donors (Lipinski definition) is 3. The van der Waals surface area contributed by atoms with Gasteiger partial charge in [0.1, 0.15) is 6.54 Å². The topological polar surface area (TPSA) is 116 Å². The zero-order valence-electron chi connectivity index (χ0n) is 11.7. The standard InChI is InChI=1S/C14H16N2O5S/c17-14(18)9-15-11-2-1-3-12(8-11)16-10-4-6-13(7-5-10)22(19,20)21/h4-8,16H,1-3,9H2,(H,17,18)(H,19,20,21). The van der Waals surface area contributed by atoms with Crippen LogP contribution in [0.4, 0.5) is 5.69 Å². The largest absolute Gasteiger partial charge is 0.480 e. The highest BCUT2D eigenvalue weighted by atomic mass is 32.2. The fourth-order valence-corrected chi connectivity index (χ4v) is 2.57. The quantitative estimate of drug-likeness (QED) is 0.713. The number of anilines is 1. The molecular formula is C14H16N2O5S. The zero-order chi connectivity index (χ0) is 16.2. The number of carbonyl (C=O) groups is 1. The molecule has 0 radical (unpaired) electrons. The minimum atomic E-state index is -4.19. The summed E-state index contributed by atoms with van der Waals surface area (Å²) in [7, 11) is -4.19. The average Bonchev–Trinajstić information content (AvgIpc) is 2.45. The van der Waals surface area contributed by atoms with Crippen LogP contribution < -0.4 is 5.32 Å². The molecule has 1 aromatic carbocycles. The van der Waals surface area contributed by atoms with Crippen molar-refractivity contribution >= 4 is 27.5 Å². The Balaban J connectivity index is 2.09. The molecule has 0 atom stereocenters. The van der Waals surface area contributed by atoms with Crippen molar-refractivity contribution in [1.29, 1.82) is 0 Å². The van der Waals surface area contributed by atoms with Gasteiger partial charge in [-0.25, -0.2) is 0 Å². The molecule has 0 unspecified atom stereocenters. The Morgan fingerprint density at radius 1 is 1.23 bits per heavy atom. The van der Waals surface area contributed by atoms with E-state index < -0.39 is 16.1 Å². The molecule has 0 aromatic heterocycles.